The van der Waals surface area contributed by atoms with Gasteiger partial charge >= 0.3 is 5.97 Å². The molecule has 4 aromatic rings. The molecule has 5 rings (SSSR count). The standard InChI is InChI=1S/C23H25N7O3/c1-13-12-33-8-7-30(13)20-11-19(21-14(2)27-28-29(21)3)25-22(26-20)17-9-15(23(31)32-4)10-18-16(17)5-6-24-18/h5-6,9-11,13,24H,7-8,12H2,1-4H3/t13-/m1/s1. The number of hydrogen-bond acceptors (Lipinski definition) is 8. The number of aryl methyl sites for hydroxylation is 2. The lowest BCUT2D eigenvalue weighted by Gasteiger charge is -2.34. The van der Waals surface area contributed by atoms with Crippen LogP contribution in [0.4, 0.5) is 5.82 Å². The Hall–Kier alpha value is -3.79. The van der Waals surface area contributed by atoms with Crippen LogP contribution in [0.3, 0.4) is 0 Å². The Labute approximate surface area is 190 Å². The Bertz CT molecular complexity index is 1320. The number of hydrogen-bond donors (Lipinski definition) is 1. The first kappa shape index (κ1) is 21.1. The fourth-order valence-electron chi connectivity index (χ4n) is 4.29. The SMILES string of the molecule is COC(=O)c1cc(-c2nc(-c3c(C)nnn3C)cc(N3CCOC[C@H]3C)n2)c2cc[nH]c2c1. The van der Waals surface area contributed by atoms with Crippen LogP contribution in [0, 0.1) is 6.92 Å². The molecule has 0 amide bonds. The van der Waals surface area contributed by atoms with Crippen LogP contribution in [-0.2, 0) is 16.5 Å². The molecule has 0 saturated carbocycles. The molecule has 3 aromatic heterocycles. The van der Waals surface area contributed by atoms with E-state index in [4.69, 9.17) is 19.4 Å². The third kappa shape index (κ3) is 3.72. The number of H-pyrrole nitrogens is 1. The van der Waals surface area contributed by atoms with E-state index in [1.807, 2.05) is 32.3 Å². The minimum atomic E-state index is -0.419. The highest BCUT2D eigenvalue weighted by Gasteiger charge is 2.24. The number of nitrogens with zero attached hydrogens (tertiary/aromatic N) is 6. The van der Waals surface area contributed by atoms with Gasteiger partial charge in [-0.15, -0.1) is 5.10 Å². The van der Waals surface area contributed by atoms with E-state index in [-0.39, 0.29) is 6.04 Å². The first-order valence-electron chi connectivity index (χ1n) is 10.8. The lowest BCUT2D eigenvalue weighted by Crippen LogP contribution is -2.44. The molecule has 10 nitrogen and oxygen atoms in total. The smallest absolute Gasteiger partial charge is 0.337 e. The van der Waals surface area contributed by atoms with Gasteiger partial charge in [0.1, 0.15) is 11.5 Å². The highest BCUT2D eigenvalue weighted by atomic mass is 16.5. The minimum Gasteiger partial charge on any atom is -0.465 e. The van der Waals surface area contributed by atoms with E-state index in [9.17, 15) is 4.79 Å². The highest BCUT2D eigenvalue weighted by molar-refractivity contribution is 6.01. The van der Waals surface area contributed by atoms with Gasteiger partial charge in [0.15, 0.2) is 5.82 Å². The van der Waals surface area contributed by atoms with Crippen LogP contribution in [0.15, 0.2) is 30.5 Å². The molecular weight excluding hydrogens is 422 g/mol. The summed E-state index contributed by atoms with van der Waals surface area (Å²) >= 11 is 0. The summed E-state index contributed by atoms with van der Waals surface area (Å²) in [7, 11) is 3.21. The van der Waals surface area contributed by atoms with Crippen molar-refractivity contribution in [2.75, 3.05) is 31.8 Å². The molecule has 1 atom stereocenters. The Morgan fingerprint density at radius 3 is 2.85 bits per heavy atom. The molecule has 170 valence electrons. The number of methoxy groups -OCH3 is 1. The maximum atomic E-state index is 12.3. The average Bonchev–Trinajstić information content (AvgIpc) is 3.43. The van der Waals surface area contributed by atoms with Gasteiger partial charge in [-0.2, -0.15) is 0 Å². The van der Waals surface area contributed by atoms with E-state index < -0.39 is 5.97 Å². The summed E-state index contributed by atoms with van der Waals surface area (Å²) in [5, 5.41) is 9.26. The Morgan fingerprint density at radius 1 is 1.27 bits per heavy atom. The van der Waals surface area contributed by atoms with Crippen LogP contribution in [0.2, 0.25) is 0 Å². The molecule has 1 N–H and O–H groups in total. The fourth-order valence-corrected chi connectivity index (χ4v) is 4.29. The molecule has 0 unspecified atom stereocenters. The number of carbonyl (C=O) groups excluding carboxylic acids is 1. The second-order valence-corrected chi connectivity index (χ2v) is 8.15. The summed E-state index contributed by atoms with van der Waals surface area (Å²) in [6.45, 7) is 6.00. The number of ether oxygens (including phenoxy) is 2. The van der Waals surface area contributed by atoms with Gasteiger partial charge in [0.2, 0.25) is 0 Å². The summed E-state index contributed by atoms with van der Waals surface area (Å²) in [6.07, 6.45) is 1.83. The predicted octanol–water partition coefficient (Wildman–Crippen LogP) is 2.74. The van der Waals surface area contributed by atoms with Gasteiger partial charge in [0.05, 0.1) is 43.3 Å². The number of fused-ring (bicyclic) bond motifs is 1. The van der Waals surface area contributed by atoms with Crippen LogP contribution >= 0.6 is 0 Å². The second kappa shape index (κ2) is 8.28. The molecule has 0 radical (unpaired) electrons. The van der Waals surface area contributed by atoms with Crippen molar-refractivity contribution in [1.29, 1.82) is 0 Å². The topological polar surface area (TPSA) is 111 Å². The first-order valence-corrected chi connectivity index (χ1v) is 10.8. The number of morpholine rings is 1. The molecule has 1 aliphatic rings. The lowest BCUT2D eigenvalue weighted by molar-refractivity contribution is 0.0601. The van der Waals surface area contributed by atoms with Crippen molar-refractivity contribution >= 4 is 22.7 Å². The van der Waals surface area contributed by atoms with Crippen molar-refractivity contribution in [2.45, 2.75) is 19.9 Å². The molecule has 1 aromatic carbocycles. The number of nitrogens with one attached hydrogen (secondary N) is 1. The van der Waals surface area contributed by atoms with Gasteiger partial charge in [0, 0.05) is 42.3 Å². The van der Waals surface area contributed by atoms with E-state index in [0.29, 0.717) is 30.3 Å². The number of esters is 1. The van der Waals surface area contributed by atoms with Gasteiger partial charge < -0.3 is 19.4 Å². The van der Waals surface area contributed by atoms with Crippen LogP contribution < -0.4 is 4.90 Å². The van der Waals surface area contributed by atoms with Crippen LogP contribution in [0.5, 0.6) is 0 Å². The van der Waals surface area contributed by atoms with E-state index in [1.54, 1.807) is 16.8 Å². The fraction of sp³-hybridized carbons (Fsp3) is 0.348. The molecule has 0 aliphatic carbocycles. The molecular formula is C23H25N7O3. The van der Waals surface area contributed by atoms with Crippen molar-refractivity contribution in [3.8, 4) is 22.8 Å². The van der Waals surface area contributed by atoms with Crippen LogP contribution in [0.1, 0.15) is 23.0 Å². The minimum absolute atomic E-state index is 0.161. The number of aromatic nitrogens is 6. The van der Waals surface area contributed by atoms with E-state index in [0.717, 1.165) is 40.2 Å². The van der Waals surface area contributed by atoms with E-state index in [1.165, 1.54) is 7.11 Å². The van der Waals surface area contributed by atoms with Crippen LogP contribution in [-0.4, -0.2) is 68.8 Å². The first-order chi connectivity index (χ1) is 16.0. The summed E-state index contributed by atoms with van der Waals surface area (Å²) in [4.78, 5) is 27.6. The zero-order chi connectivity index (χ0) is 23.1. The van der Waals surface area contributed by atoms with E-state index in [2.05, 4.69) is 27.1 Å². The third-order valence-corrected chi connectivity index (χ3v) is 5.94. The largest absolute Gasteiger partial charge is 0.465 e. The zero-order valence-corrected chi connectivity index (χ0v) is 19.0. The Kier molecular flexibility index (Phi) is 5.29. The lowest BCUT2D eigenvalue weighted by atomic mass is 10.0. The summed E-state index contributed by atoms with van der Waals surface area (Å²) < 4.78 is 12.3. The summed E-state index contributed by atoms with van der Waals surface area (Å²) in [6, 6.07) is 7.63. The summed E-state index contributed by atoms with van der Waals surface area (Å²) in [5.74, 6) is 0.883. The molecule has 1 saturated heterocycles. The van der Waals surface area contributed by atoms with Crippen LogP contribution in [0.25, 0.3) is 33.7 Å². The quantitative estimate of drug-likeness (QED) is 0.476. The molecule has 0 spiro atoms. The molecule has 0 bridgehead atoms. The van der Waals surface area contributed by atoms with Crippen molar-refractivity contribution in [3.05, 3.63) is 41.7 Å². The van der Waals surface area contributed by atoms with Crippen molar-refractivity contribution in [2.24, 2.45) is 7.05 Å². The molecule has 1 aliphatic heterocycles. The predicted molar refractivity (Wildman–Crippen MR) is 123 cm³/mol. The normalized spacial score (nSPS) is 16.4. The number of aromatic amines is 1. The molecule has 33 heavy (non-hydrogen) atoms. The van der Waals surface area contributed by atoms with Crippen molar-refractivity contribution in [1.82, 2.24) is 29.9 Å². The number of benzene rings is 1. The summed E-state index contributed by atoms with van der Waals surface area (Å²) in [5.41, 5.74) is 4.28. The maximum absolute atomic E-state index is 12.3. The Balaban J connectivity index is 1.75. The molecule has 4 heterocycles. The molecule has 1 fully saturated rings. The van der Waals surface area contributed by atoms with Crippen molar-refractivity contribution < 1.29 is 14.3 Å². The maximum Gasteiger partial charge on any atom is 0.337 e. The second-order valence-electron chi connectivity index (χ2n) is 8.15. The molecule has 10 heteroatoms. The number of anilines is 1. The van der Waals surface area contributed by atoms with E-state index >= 15 is 0 Å². The monoisotopic (exact) mass is 447 g/mol. The van der Waals surface area contributed by atoms with Gasteiger partial charge in [-0.05, 0) is 32.0 Å². The van der Waals surface area contributed by atoms with Gasteiger partial charge in [-0.3, -0.25) is 0 Å². The number of carbonyl (C=O) groups is 1. The average molecular weight is 447 g/mol. The highest BCUT2D eigenvalue weighted by Crippen LogP contribution is 2.33. The number of rotatable bonds is 4. The zero-order valence-electron chi connectivity index (χ0n) is 19.0. The third-order valence-electron chi connectivity index (χ3n) is 5.94. The van der Waals surface area contributed by atoms with Gasteiger partial charge in [-0.1, -0.05) is 5.21 Å². The van der Waals surface area contributed by atoms with Crippen molar-refractivity contribution in [3.63, 3.8) is 0 Å². The van der Waals surface area contributed by atoms with Gasteiger partial charge in [-0.25, -0.2) is 19.4 Å². The van der Waals surface area contributed by atoms with Gasteiger partial charge in [0.25, 0.3) is 0 Å². The Morgan fingerprint density at radius 2 is 2.12 bits per heavy atom.